The summed E-state index contributed by atoms with van der Waals surface area (Å²) in [5.41, 5.74) is 1.38. The largest absolute Gasteiger partial charge is 0.493 e. The lowest BCUT2D eigenvalue weighted by atomic mass is 9.90. The van der Waals surface area contributed by atoms with Gasteiger partial charge in [0.25, 0.3) is 0 Å². The van der Waals surface area contributed by atoms with E-state index in [-0.39, 0.29) is 22.1 Å². The number of carbonyl (C=O) groups is 2. The minimum atomic E-state index is -0.413. The molecular weight excluding hydrogens is 292 g/mol. The maximum absolute atomic E-state index is 12.2. The zero-order valence-corrected chi connectivity index (χ0v) is 13.0. The van der Waals surface area contributed by atoms with E-state index >= 15 is 0 Å². The van der Waals surface area contributed by atoms with Crippen LogP contribution in [0.1, 0.15) is 46.0 Å². The van der Waals surface area contributed by atoms with Crippen molar-refractivity contribution in [2.24, 2.45) is 0 Å². The smallest absolute Gasteiger partial charge is 0.209 e. The number of hydrogen-bond acceptors (Lipinski definition) is 4. The van der Waals surface area contributed by atoms with E-state index in [1.165, 1.54) is 14.2 Å². The second-order valence-corrected chi connectivity index (χ2v) is 5.22. The fraction of sp³-hybridized carbons (Fsp3) is 0.375. The molecule has 0 saturated carbocycles. The molecule has 0 saturated heterocycles. The number of Topliss-reactive ketones (excluding diaryl/α,β-unsaturated/α-hetero) is 1. The van der Waals surface area contributed by atoms with Crippen molar-refractivity contribution in [1.82, 2.24) is 0 Å². The van der Waals surface area contributed by atoms with Gasteiger partial charge in [-0.1, -0.05) is 24.9 Å². The second-order valence-electron chi connectivity index (χ2n) is 4.81. The van der Waals surface area contributed by atoms with Gasteiger partial charge in [0.15, 0.2) is 17.3 Å². The number of ketones is 2. The molecule has 2 rings (SSSR count). The van der Waals surface area contributed by atoms with Crippen LogP contribution in [0.3, 0.4) is 0 Å². The molecule has 21 heavy (non-hydrogen) atoms. The standard InChI is InChI=1S/C16H17ClO4/c1-4-5-6-9-7-10-12(18)8-11(17)14(19)13(10)16(21-3)15(9)20-2/h7-8H,4-6H2,1-3H3. The van der Waals surface area contributed by atoms with E-state index in [1.807, 2.05) is 0 Å². The van der Waals surface area contributed by atoms with Crippen molar-refractivity contribution in [3.63, 3.8) is 0 Å². The maximum Gasteiger partial charge on any atom is 0.209 e. The predicted octanol–water partition coefficient (Wildman–Crippen LogP) is 3.55. The quantitative estimate of drug-likeness (QED) is 0.834. The highest BCUT2D eigenvalue weighted by molar-refractivity contribution is 6.49. The number of methoxy groups -OCH3 is 2. The Hall–Kier alpha value is -1.81. The van der Waals surface area contributed by atoms with E-state index in [4.69, 9.17) is 21.1 Å². The molecule has 1 aliphatic rings. The van der Waals surface area contributed by atoms with Crippen molar-refractivity contribution in [2.45, 2.75) is 26.2 Å². The van der Waals surface area contributed by atoms with Gasteiger partial charge in [0.05, 0.1) is 24.8 Å². The number of unbranched alkanes of at least 4 members (excludes halogenated alkanes) is 1. The summed E-state index contributed by atoms with van der Waals surface area (Å²) in [6, 6.07) is 1.71. The molecule has 4 nitrogen and oxygen atoms in total. The highest BCUT2D eigenvalue weighted by atomic mass is 35.5. The Balaban J connectivity index is 2.70. The van der Waals surface area contributed by atoms with Crippen LogP contribution in [0.2, 0.25) is 0 Å². The van der Waals surface area contributed by atoms with Gasteiger partial charge in [0.1, 0.15) is 0 Å². The summed E-state index contributed by atoms with van der Waals surface area (Å²) >= 11 is 5.83. The second kappa shape index (κ2) is 6.31. The van der Waals surface area contributed by atoms with E-state index in [9.17, 15) is 9.59 Å². The molecule has 1 aromatic rings. The number of fused-ring (bicyclic) bond motifs is 1. The predicted molar refractivity (Wildman–Crippen MR) is 80.8 cm³/mol. The number of carbonyl (C=O) groups excluding carboxylic acids is 2. The van der Waals surface area contributed by atoms with Crippen LogP contribution in [0.25, 0.3) is 0 Å². The van der Waals surface area contributed by atoms with Crippen molar-refractivity contribution >= 4 is 23.2 Å². The fourth-order valence-corrected chi connectivity index (χ4v) is 2.66. The Morgan fingerprint density at radius 3 is 2.38 bits per heavy atom. The Morgan fingerprint density at radius 2 is 1.81 bits per heavy atom. The first-order chi connectivity index (χ1) is 10.0. The van der Waals surface area contributed by atoms with Crippen molar-refractivity contribution in [3.8, 4) is 11.5 Å². The number of halogens is 1. The van der Waals surface area contributed by atoms with Crippen LogP contribution < -0.4 is 9.47 Å². The third-order valence-electron chi connectivity index (χ3n) is 3.49. The Labute approximate surface area is 128 Å². The van der Waals surface area contributed by atoms with E-state index in [0.717, 1.165) is 30.9 Å². The number of ether oxygens (including phenoxy) is 2. The van der Waals surface area contributed by atoms with Gasteiger partial charge in [-0.15, -0.1) is 0 Å². The summed E-state index contributed by atoms with van der Waals surface area (Å²) in [5, 5.41) is -0.103. The van der Waals surface area contributed by atoms with Gasteiger partial charge in [-0.2, -0.15) is 0 Å². The first kappa shape index (κ1) is 15.6. The zero-order valence-electron chi connectivity index (χ0n) is 12.3. The molecule has 0 radical (unpaired) electrons. The van der Waals surface area contributed by atoms with Crippen molar-refractivity contribution in [1.29, 1.82) is 0 Å². The Kier molecular flexibility index (Phi) is 4.68. The molecule has 1 aromatic carbocycles. The molecule has 0 atom stereocenters. The molecule has 0 bridgehead atoms. The first-order valence-corrected chi connectivity index (χ1v) is 7.17. The zero-order chi connectivity index (χ0) is 15.6. The van der Waals surface area contributed by atoms with Crippen LogP contribution in [0.5, 0.6) is 11.5 Å². The SMILES string of the molecule is CCCCc1cc2c(c(OC)c1OC)C(=O)C(Cl)=CC2=O. The molecule has 112 valence electrons. The van der Waals surface area contributed by atoms with E-state index in [2.05, 4.69) is 6.92 Å². The van der Waals surface area contributed by atoms with Crippen LogP contribution in [-0.2, 0) is 6.42 Å². The molecule has 0 heterocycles. The lowest BCUT2D eigenvalue weighted by Gasteiger charge is -2.20. The summed E-state index contributed by atoms with van der Waals surface area (Å²) in [6.07, 6.45) is 3.88. The van der Waals surface area contributed by atoms with Crippen LogP contribution in [0, 0.1) is 0 Å². The normalized spacial score (nSPS) is 13.8. The summed E-state index contributed by atoms with van der Waals surface area (Å²) in [4.78, 5) is 24.4. The number of rotatable bonds is 5. The summed E-state index contributed by atoms with van der Waals surface area (Å²) in [5.74, 6) is 0.0830. The summed E-state index contributed by atoms with van der Waals surface area (Å²) in [7, 11) is 2.97. The topological polar surface area (TPSA) is 52.6 Å². The van der Waals surface area contributed by atoms with Gasteiger partial charge in [-0.25, -0.2) is 0 Å². The van der Waals surface area contributed by atoms with E-state index < -0.39 is 5.78 Å². The first-order valence-electron chi connectivity index (χ1n) is 6.79. The lowest BCUT2D eigenvalue weighted by molar-refractivity contribution is 0.0987. The summed E-state index contributed by atoms with van der Waals surface area (Å²) in [6.45, 7) is 2.08. The monoisotopic (exact) mass is 308 g/mol. The lowest BCUT2D eigenvalue weighted by Crippen LogP contribution is -2.17. The van der Waals surface area contributed by atoms with Gasteiger partial charge in [0, 0.05) is 11.6 Å². The highest BCUT2D eigenvalue weighted by Crippen LogP contribution is 2.41. The van der Waals surface area contributed by atoms with Crippen molar-refractivity contribution in [2.75, 3.05) is 14.2 Å². The van der Waals surface area contributed by atoms with E-state index in [0.29, 0.717) is 11.3 Å². The molecule has 0 fully saturated rings. The Morgan fingerprint density at radius 1 is 1.14 bits per heavy atom. The molecule has 0 unspecified atom stereocenters. The van der Waals surface area contributed by atoms with Crippen molar-refractivity contribution < 1.29 is 19.1 Å². The highest BCUT2D eigenvalue weighted by Gasteiger charge is 2.31. The molecule has 0 amide bonds. The van der Waals surface area contributed by atoms with Gasteiger partial charge < -0.3 is 9.47 Å². The molecule has 0 aromatic heterocycles. The fourth-order valence-electron chi connectivity index (χ4n) is 2.46. The number of allylic oxidation sites excluding steroid dienone is 2. The number of hydrogen-bond donors (Lipinski definition) is 0. The minimum Gasteiger partial charge on any atom is -0.493 e. The number of benzene rings is 1. The van der Waals surface area contributed by atoms with Gasteiger partial charge >= 0.3 is 0 Å². The van der Waals surface area contributed by atoms with Gasteiger partial charge in [-0.3, -0.25) is 9.59 Å². The van der Waals surface area contributed by atoms with Gasteiger partial charge in [-0.05, 0) is 24.5 Å². The molecule has 0 N–H and O–H groups in total. The van der Waals surface area contributed by atoms with E-state index in [1.54, 1.807) is 6.07 Å². The molecular formula is C16H17ClO4. The maximum atomic E-state index is 12.2. The van der Waals surface area contributed by atoms with Crippen LogP contribution in [0.4, 0.5) is 0 Å². The molecule has 5 heteroatoms. The van der Waals surface area contributed by atoms with Gasteiger partial charge in [0.2, 0.25) is 5.78 Å². The third kappa shape index (κ3) is 2.68. The third-order valence-corrected chi connectivity index (χ3v) is 3.77. The van der Waals surface area contributed by atoms with Crippen LogP contribution in [0.15, 0.2) is 17.2 Å². The minimum absolute atomic E-state index is 0.103. The van der Waals surface area contributed by atoms with Crippen LogP contribution >= 0.6 is 11.6 Å². The Bertz CT molecular complexity index is 632. The molecule has 1 aliphatic carbocycles. The molecule has 0 spiro atoms. The van der Waals surface area contributed by atoms with Crippen molar-refractivity contribution in [3.05, 3.63) is 33.9 Å². The van der Waals surface area contributed by atoms with Crippen LogP contribution in [-0.4, -0.2) is 25.8 Å². The average molecular weight is 309 g/mol. The summed E-state index contributed by atoms with van der Waals surface area (Å²) < 4.78 is 10.7. The number of aryl methyl sites for hydroxylation is 1. The average Bonchev–Trinajstić information content (AvgIpc) is 2.48. The molecule has 0 aliphatic heterocycles.